The number of carbonyl (C=O) groups is 2. The van der Waals surface area contributed by atoms with Crippen molar-refractivity contribution in [3.63, 3.8) is 0 Å². The molecule has 0 aliphatic heterocycles. The van der Waals surface area contributed by atoms with Gasteiger partial charge in [-0.1, -0.05) is 23.8 Å². The molecular weight excluding hydrogens is 254 g/mol. The molecule has 102 valence electrons. The number of esters is 1. The van der Waals surface area contributed by atoms with E-state index in [1.165, 1.54) is 13.2 Å². The van der Waals surface area contributed by atoms with Crippen LogP contribution >= 0.6 is 0 Å². The van der Waals surface area contributed by atoms with Crippen molar-refractivity contribution in [1.29, 1.82) is 0 Å². The number of hydrogen-bond donors (Lipinski definition) is 1. The minimum atomic E-state index is -0.463. The summed E-state index contributed by atoms with van der Waals surface area (Å²) in [5.41, 5.74) is 2.59. The van der Waals surface area contributed by atoms with Crippen LogP contribution in [0.15, 0.2) is 48.5 Å². The highest BCUT2D eigenvalue weighted by Gasteiger charge is 2.10. The summed E-state index contributed by atoms with van der Waals surface area (Å²) >= 11 is 0. The van der Waals surface area contributed by atoms with Crippen LogP contribution in [0.1, 0.15) is 26.3 Å². The lowest BCUT2D eigenvalue weighted by Gasteiger charge is -2.06. The fraction of sp³-hybridized carbons (Fsp3) is 0.125. The van der Waals surface area contributed by atoms with Gasteiger partial charge in [0.2, 0.25) is 0 Å². The van der Waals surface area contributed by atoms with E-state index in [2.05, 4.69) is 10.1 Å². The second-order valence-corrected chi connectivity index (χ2v) is 4.39. The predicted octanol–water partition coefficient (Wildman–Crippen LogP) is 3.03. The number of hydrogen-bond acceptors (Lipinski definition) is 3. The lowest BCUT2D eigenvalue weighted by atomic mass is 10.1. The number of nitrogens with one attached hydrogen (secondary N) is 1. The van der Waals surface area contributed by atoms with Crippen LogP contribution in [-0.2, 0) is 4.74 Å². The third-order valence-electron chi connectivity index (χ3n) is 2.86. The third kappa shape index (κ3) is 3.23. The Labute approximate surface area is 117 Å². The zero-order chi connectivity index (χ0) is 14.5. The molecule has 0 aliphatic carbocycles. The van der Waals surface area contributed by atoms with Crippen molar-refractivity contribution >= 4 is 17.6 Å². The summed E-state index contributed by atoms with van der Waals surface area (Å²) in [7, 11) is 1.31. The van der Waals surface area contributed by atoms with E-state index >= 15 is 0 Å². The number of carbonyl (C=O) groups excluding carboxylic acids is 2. The van der Waals surface area contributed by atoms with Crippen LogP contribution in [0.3, 0.4) is 0 Å². The van der Waals surface area contributed by atoms with Crippen LogP contribution in [0.5, 0.6) is 0 Å². The molecule has 0 aliphatic rings. The minimum absolute atomic E-state index is 0.264. The molecule has 0 saturated heterocycles. The maximum atomic E-state index is 12.1. The van der Waals surface area contributed by atoms with Crippen LogP contribution in [0, 0.1) is 6.92 Å². The van der Waals surface area contributed by atoms with E-state index in [-0.39, 0.29) is 5.91 Å². The zero-order valence-electron chi connectivity index (χ0n) is 11.3. The molecule has 0 spiro atoms. The Morgan fingerprint density at radius 1 is 1.00 bits per heavy atom. The Kier molecular flexibility index (Phi) is 4.15. The van der Waals surface area contributed by atoms with Crippen molar-refractivity contribution in [3.8, 4) is 0 Å². The van der Waals surface area contributed by atoms with Crippen LogP contribution in [-0.4, -0.2) is 19.0 Å². The third-order valence-corrected chi connectivity index (χ3v) is 2.86. The molecule has 0 heterocycles. The summed E-state index contributed by atoms with van der Waals surface area (Å²) in [6.45, 7) is 1.98. The first-order valence-electron chi connectivity index (χ1n) is 6.16. The van der Waals surface area contributed by atoms with Crippen LogP contribution in [0.4, 0.5) is 5.69 Å². The summed E-state index contributed by atoms with van der Waals surface area (Å²) in [6.07, 6.45) is 0. The molecule has 0 atom stereocenters. The maximum absolute atomic E-state index is 12.1. The zero-order valence-corrected chi connectivity index (χ0v) is 11.3. The van der Waals surface area contributed by atoms with Crippen LogP contribution < -0.4 is 5.32 Å². The van der Waals surface area contributed by atoms with Crippen molar-refractivity contribution in [1.82, 2.24) is 0 Å². The molecule has 1 amide bonds. The lowest BCUT2D eigenvalue weighted by Crippen LogP contribution is -2.13. The Hall–Kier alpha value is -2.62. The standard InChI is InChI=1S/C16H15NO3/c1-11-6-8-14(9-7-11)17-15(18)12-4-3-5-13(10-12)16(19)20-2/h3-10H,1-2H3,(H,17,18). The highest BCUT2D eigenvalue weighted by Crippen LogP contribution is 2.12. The Morgan fingerprint density at radius 3 is 2.30 bits per heavy atom. The van der Waals surface area contributed by atoms with Crippen molar-refractivity contribution in [2.24, 2.45) is 0 Å². The normalized spacial score (nSPS) is 9.90. The largest absolute Gasteiger partial charge is 0.465 e. The molecule has 20 heavy (non-hydrogen) atoms. The van der Waals surface area contributed by atoms with Gasteiger partial charge in [-0.05, 0) is 37.3 Å². The van der Waals surface area contributed by atoms with E-state index in [1.807, 2.05) is 31.2 Å². The van der Waals surface area contributed by atoms with Gasteiger partial charge in [0.25, 0.3) is 5.91 Å². The summed E-state index contributed by atoms with van der Waals surface area (Å²) in [5.74, 6) is -0.727. The molecule has 0 fully saturated rings. The molecule has 0 aromatic heterocycles. The number of anilines is 1. The molecule has 4 nitrogen and oxygen atoms in total. The Bertz CT molecular complexity index is 632. The molecule has 2 aromatic rings. The summed E-state index contributed by atoms with van der Waals surface area (Å²) < 4.78 is 4.63. The fourth-order valence-corrected chi connectivity index (χ4v) is 1.75. The number of amides is 1. The highest BCUT2D eigenvalue weighted by atomic mass is 16.5. The van der Waals surface area contributed by atoms with Gasteiger partial charge in [0, 0.05) is 11.3 Å². The number of methoxy groups -OCH3 is 1. The Balaban J connectivity index is 2.17. The van der Waals surface area contributed by atoms with Gasteiger partial charge >= 0.3 is 5.97 Å². The van der Waals surface area contributed by atoms with Crippen LogP contribution in [0.2, 0.25) is 0 Å². The Morgan fingerprint density at radius 2 is 1.65 bits per heavy atom. The summed E-state index contributed by atoms with van der Waals surface area (Å²) in [6, 6.07) is 13.9. The van der Waals surface area contributed by atoms with Crippen LogP contribution in [0.25, 0.3) is 0 Å². The van der Waals surface area contributed by atoms with E-state index < -0.39 is 5.97 Å². The lowest BCUT2D eigenvalue weighted by molar-refractivity contribution is 0.0600. The monoisotopic (exact) mass is 269 g/mol. The highest BCUT2D eigenvalue weighted by molar-refractivity contribution is 6.05. The maximum Gasteiger partial charge on any atom is 0.337 e. The van der Waals surface area contributed by atoms with Gasteiger partial charge in [0.15, 0.2) is 0 Å². The molecular formula is C16H15NO3. The van der Waals surface area contributed by atoms with Crippen molar-refractivity contribution in [3.05, 3.63) is 65.2 Å². The number of rotatable bonds is 3. The van der Waals surface area contributed by atoms with E-state index in [1.54, 1.807) is 18.2 Å². The first-order valence-corrected chi connectivity index (χ1v) is 6.16. The second-order valence-electron chi connectivity index (χ2n) is 4.39. The number of aryl methyl sites for hydroxylation is 1. The molecule has 2 rings (SSSR count). The van der Waals surface area contributed by atoms with Gasteiger partial charge in [-0.25, -0.2) is 4.79 Å². The summed E-state index contributed by atoms with van der Waals surface area (Å²) in [4.78, 5) is 23.5. The average molecular weight is 269 g/mol. The van der Waals surface area contributed by atoms with Crippen molar-refractivity contribution < 1.29 is 14.3 Å². The van der Waals surface area contributed by atoms with Gasteiger partial charge < -0.3 is 10.1 Å². The van der Waals surface area contributed by atoms with Gasteiger partial charge in [-0.2, -0.15) is 0 Å². The van der Waals surface area contributed by atoms with Gasteiger partial charge in [0.1, 0.15) is 0 Å². The molecule has 0 unspecified atom stereocenters. The SMILES string of the molecule is COC(=O)c1cccc(C(=O)Nc2ccc(C)cc2)c1. The first kappa shape index (κ1) is 13.8. The quantitative estimate of drug-likeness (QED) is 0.871. The van der Waals surface area contributed by atoms with Gasteiger partial charge in [-0.3, -0.25) is 4.79 Å². The van der Waals surface area contributed by atoms with Gasteiger partial charge in [0.05, 0.1) is 12.7 Å². The predicted molar refractivity (Wildman–Crippen MR) is 76.9 cm³/mol. The molecule has 2 aromatic carbocycles. The summed E-state index contributed by atoms with van der Waals surface area (Å²) in [5, 5.41) is 2.78. The van der Waals surface area contributed by atoms with E-state index in [0.717, 1.165) is 5.56 Å². The van der Waals surface area contributed by atoms with E-state index in [9.17, 15) is 9.59 Å². The smallest absolute Gasteiger partial charge is 0.337 e. The molecule has 0 saturated carbocycles. The first-order chi connectivity index (χ1) is 9.60. The topological polar surface area (TPSA) is 55.4 Å². The number of ether oxygens (including phenoxy) is 1. The molecule has 1 N–H and O–H groups in total. The van der Waals surface area contributed by atoms with E-state index in [0.29, 0.717) is 16.8 Å². The number of benzene rings is 2. The van der Waals surface area contributed by atoms with E-state index in [4.69, 9.17) is 0 Å². The fourth-order valence-electron chi connectivity index (χ4n) is 1.75. The minimum Gasteiger partial charge on any atom is -0.465 e. The van der Waals surface area contributed by atoms with Gasteiger partial charge in [-0.15, -0.1) is 0 Å². The molecule has 4 heteroatoms. The second kappa shape index (κ2) is 6.02. The molecule has 0 radical (unpaired) electrons. The molecule has 0 bridgehead atoms. The van der Waals surface area contributed by atoms with Crippen molar-refractivity contribution in [2.75, 3.05) is 12.4 Å². The van der Waals surface area contributed by atoms with Crippen molar-refractivity contribution in [2.45, 2.75) is 6.92 Å². The average Bonchev–Trinajstić information content (AvgIpc) is 2.49.